The minimum absolute atomic E-state index is 0.269. The third-order valence-electron chi connectivity index (χ3n) is 6.79. The van der Waals surface area contributed by atoms with E-state index in [1.807, 2.05) is 0 Å². The predicted molar refractivity (Wildman–Crippen MR) is 91.7 cm³/mol. The van der Waals surface area contributed by atoms with Crippen LogP contribution < -0.4 is 0 Å². The van der Waals surface area contributed by atoms with Crippen molar-refractivity contribution in [3.05, 3.63) is 12.2 Å². The number of hydrogen-bond acceptors (Lipinski definition) is 1. The Labute approximate surface area is 136 Å². The SMILES string of the molecule is C=C1CC[C@@H]2C(C)(C)CCC[C@]2(C)[C@@H]1CC[C@H](C)CC(=O)O. The van der Waals surface area contributed by atoms with E-state index in [1.54, 1.807) is 0 Å². The van der Waals surface area contributed by atoms with Gasteiger partial charge in [0.05, 0.1) is 0 Å². The lowest BCUT2D eigenvalue weighted by atomic mass is 9.47. The molecular weight excluding hydrogens is 272 g/mol. The second kappa shape index (κ2) is 6.37. The molecule has 2 aliphatic rings. The third kappa shape index (κ3) is 3.41. The highest BCUT2D eigenvalue weighted by atomic mass is 16.4. The first-order chi connectivity index (χ1) is 10.2. The normalized spacial score (nSPS) is 35.7. The van der Waals surface area contributed by atoms with Crippen LogP contribution in [-0.4, -0.2) is 11.1 Å². The van der Waals surface area contributed by atoms with Crippen molar-refractivity contribution in [3.63, 3.8) is 0 Å². The Morgan fingerprint density at radius 2 is 2.05 bits per heavy atom. The highest BCUT2D eigenvalue weighted by Gasteiger charge is 2.52. The van der Waals surface area contributed by atoms with Gasteiger partial charge in [-0.05, 0) is 67.1 Å². The fourth-order valence-corrected chi connectivity index (χ4v) is 5.66. The molecule has 0 bridgehead atoms. The van der Waals surface area contributed by atoms with Gasteiger partial charge in [-0.2, -0.15) is 0 Å². The first-order valence-corrected chi connectivity index (χ1v) is 9.06. The number of carboxylic acids is 1. The second-order valence-electron chi connectivity index (χ2n) is 8.93. The number of rotatable bonds is 5. The van der Waals surface area contributed by atoms with Gasteiger partial charge >= 0.3 is 5.97 Å². The van der Waals surface area contributed by atoms with Crippen LogP contribution in [0, 0.1) is 28.6 Å². The van der Waals surface area contributed by atoms with Gasteiger partial charge in [-0.15, -0.1) is 0 Å². The summed E-state index contributed by atoms with van der Waals surface area (Å²) >= 11 is 0. The molecule has 2 heteroatoms. The van der Waals surface area contributed by atoms with Crippen LogP contribution in [0.5, 0.6) is 0 Å². The summed E-state index contributed by atoms with van der Waals surface area (Å²) in [6.07, 6.45) is 8.89. The van der Waals surface area contributed by atoms with Gasteiger partial charge in [-0.3, -0.25) is 4.79 Å². The smallest absolute Gasteiger partial charge is 0.303 e. The molecule has 0 aliphatic heterocycles. The molecular formula is C20H34O2. The van der Waals surface area contributed by atoms with E-state index in [1.165, 1.54) is 37.7 Å². The van der Waals surface area contributed by atoms with E-state index in [4.69, 9.17) is 5.11 Å². The van der Waals surface area contributed by atoms with Crippen LogP contribution in [0.1, 0.15) is 79.1 Å². The van der Waals surface area contributed by atoms with Gasteiger partial charge in [-0.25, -0.2) is 0 Å². The largest absolute Gasteiger partial charge is 0.481 e. The van der Waals surface area contributed by atoms with Crippen LogP contribution in [0.2, 0.25) is 0 Å². The Kier molecular flexibility index (Phi) is 5.09. The number of carbonyl (C=O) groups is 1. The average molecular weight is 306 g/mol. The highest BCUT2D eigenvalue weighted by molar-refractivity contribution is 5.66. The number of allylic oxidation sites excluding steroid dienone is 1. The summed E-state index contributed by atoms with van der Waals surface area (Å²) in [6.45, 7) is 13.9. The Balaban J connectivity index is 2.10. The molecule has 2 aliphatic carbocycles. The lowest BCUT2D eigenvalue weighted by Crippen LogP contribution is -2.49. The summed E-state index contributed by atoms with van der Waals surface area (Å²) in [7, 11) is 0. The van der Waals surface area contributed by atoms with Gasteiger partial charge in [0.15, 0.2) is 0 Å². The van der Waals surface area contributed by atoms with Crippen LogP contribution in [0.25, 0.3) is 0 Å². The van der Waals surface area contributed by atoms with E-state index < -0.39 is 5.97 Å². The lowest BCUT2D eigenvalue weighted by Gasteiger charge is -2.58. The first kappa shape index (κ1) is 17.6. The van der Waals surface area contributed by atoms with Crippen molar-refractivity contribution in [2.45, 2.75) is 79.1 Å². The van der Waals surface area contributed by atoms with Crippen LogP contribution in [0.4, 0.5) is 0 Å². The van der Waals surface area contributed by atoms with Crippen molar-refractivity contribution < 1.29 is 9.90 Å². The molecule has 0 aromatic rings. The summed E-state index contributed by atoms with van der Waals surface area (Å²) in [5.74, 6) is 0.977. The van der Waals surface area contributed by atoms with E-state index in [2.05, 4.69) is 34.3 Å². The van der Waals surface area contributed by atoms with Crippen molar-refractivity contribution in [1.82, 2.24) is 0 Å². The van der Waals surface area contributed by atoms with Gasteiger partial charge in [0.2, 0.25) is 0 Å². The monoisotopic (exact) mass is 306 g/mol. The summed E-state index contributed by atoms with van der Waals surface area (Å²) in [4.78, 5) is 10.9. The molecule has 22 heavy (non-hydrogen) atoms. The Hall–Kier alpha value is -0.790. The standard InChI is InChI=1S/C20H34O2/c1-14(13-18(21)22)7-9-16-15(2)8-10-17-19(3,4)11-6-12-20(16,17)5/h14,16-17H,2,6-13H2,1,3-5H3,(H,21,22)/t14-,16+,17+,20+/m0/s1. The van der Waals surface area contributed by atoms with E-state index in [-0.39, 0.29) is 5.92 Å². The van der Waals surface area contributed by atoms with Crippen LogP contribution in [0.15, 0.2) is 12.2 Å². The fraction of sp³-hybridized carbons (Fsp3) is 0.850. The molecule has 0 saturated heterocycles. The number of carboxylic acid groups (broad SMARTS) is 1. The Morgan fingerprint density at radius 1 is 1.36 bits per heavy atom. The Morgan fingerprint density at radius 3 is 2.68 bits per heavy atom. The molecule has 126 valence electrons. The number of fused-ring (bicyclic) bond motifs is 1. The van der Waals surface area contributed by atoms with E-state index in [0.717, 1.165) is 18.8 Å². The summed E-state index contributed by atoms with van der Waals surface area (Å²) < 4.78 is 0. The van der Waals surface area contributed by atoms with Crippen molar-refractivity contribution in [1.29, 1.82) is 0 Å². The molecule has 1 N–H and O–H groups in total. The van der Waals surface area contributed by atoms with Gasteiger partial charge in [0.25, 0.3) is 0 Å². The molecule has 0 aromatic heterocycles. The zero-order valence-corrected chi connectivity index (χ0v) is 15.0. The molecule has 0 amide bonds. The molecule has 4 atom stereocenters. The maximum absolute atomic E-state index is 10.9. The van der Waals surface area contributed by atoms with Crippen LogP contribution >= 0.6 is 0 Å². The summed E-state index contributed by atoms with van der Waals surface area (Å²) in [6, 6.07) is 0. The molecule has 0 unspecified atom stereocenters. The maximum atomic E-state index is 10.9. The van der Waals surface area contributed by atoms with E-state index in [0.29, 0.717) is 23.2 Å². The van der Waals surface area contributed by atoms with Gasteiger partial charge < -0.3 is 5.11 Å². The van der Waals surface area contributed by atoms with Crippen molar-refractivity contribution >= 4 is 5.97 Å². The van der Waals surface area contributed by atoms with Gasteiger partial charge in [0, 0.05) is 6.42 Å². The molecule has 2 fully saturated rings. The predicted octanol–water partition coefficient (Wildman–Crippen LogP) is 5.68. The number of hydrogen-bond donors (Lipinski definition) is 1. The summed E-state index contributed by atoms with van der Waals surface area (Å²) in [5.41, 5.74) is 2.25. The first-order valence-electron chi connectivity index (χ1n) is 9.06. The molecule has 0 radical (unpaired) electrons. The molecule has 2 saturated carbocycles. The van der Waals surface area contributed by atoms with Crippen molar-refractivity contribution in [2.75, 3.05) is 0 Å². The minimum atomic E-state index is -0.669. The zero-order valence-electron chi connectivity index (χ0n) is 15.0. The summed E-state index contributed by atoms with van der Waals surface area (Å²) in [5, 5.41) is 8.96. The molecule has 2 rings (SSSR count). The second-order valence-corrected chi connectivity index (χ2v) is 8.93. The quantitative estimate of drug-likeness (QED) is 0.664. The number of aliphatic carboxylic acids is 1. The highest BCUT2D eigenvalue weighted by Crippen LogP contribution is 2.61. The lowest BCUT2D eigenvalue weighted by molar-refractivity contribution is -0.138. The van der Waals surface area contributed by atoms with Crippen LogP contribution in [-0.2, 0) is 4.79 Å². The van der Waals surface area contributed by atoms with Crippen molar-refractivity contribution in [3.8, 4) is 0 Å². The molecule has 0 heterocycles. The fourth-order valence-electron chi connectivity index (χ4n) is 5.66. The Bertz CT molecular complexity index is 437. The molecule has 0 aromatic carbocycles. The zero-order chi connectivity index (χ0) is 16.5. The minimum Gasteiger partial charge on any atom is -0.481 e. The van der Waals surface area contributed by atoms with E-state index >= 15 is 0 Å². The van der Waals surface area contributed by atoms with E-state index in [9.17, 15) is 4.79 Å². The van der Waals surface area contributed by atoms with Crippen molar-refractivity contribution in [2.24, 2.45) is 28.6 Å². The average Bonchev–Trinajstić information content (AvgIpc) is 2.35. The third-order valence-corrected chi connectivity index (χ3v) is 6.79. The topological polar surface area (TPSA) is 37.3 Å². The van der Waals surface area contributed by atoms with Gasteiger partial charge in [0.1, 0.15) is 0 Å². The van der Waals surface area contributed by atoms with Gasteiger partial charge in [-0.1, -0.05) is 46.3 Å². The maximum Gasteiger partial charge on any atom is 0.303 e. The molecule has 2 nitrogen and oxygen atoms in total. The van der Waals surface area contributed by atoms with Crippen LogP contribution in [0.3, 0.4) is 0 Å². The molecule has 0 spiro atoms.